The molecule has 0 aliphatic heterocycles. The van der Waals surface area contributed by atoms with Crippen molar-refractivity contribution in [3.63, 3.8) is 0 Å². The van der Waals surface area contributed by atoms with Crippen LogP contribution in [0.1, 0.15) is 27.6 Å². The van der Waals surface area contributed by atoms with Gasteiger partial charge < -0.3 is 15.3 Å². The van der Waals surface area contributed by atoms with Crippen LogP contribution in [0.4, 0.5) is 0 Å². The summed E-state index contributed by atoms with van der Waals surface area (Å²) in [7, 11) is 0. The summed E-state index contributed by atoms with van der Waals surface area (Å²) in [6.45, 7) is 1.08. The van der Waals surface area contributed by atoms with Crippen molar-refractivity contribution in [1.29, 1.82) is 0 Å². The van der Waals surface area contributed by atoms with Crippen molar-refractivity contribution in [2.24, 2.45) is 0 Å². The highest BCUT2D eigenvalue weighted by atomic mass is 35.5. The second-order valence-electron chi connectivity index (χ2n) is 4.09. The van der Waals surface area contributed by atoms with Crippen molar-refractivity contribution in [1.82, 2.24) is 0 Å². The monoisotopic (exact) mass is 372 g/mol. The van der Waals surface area contributed by atoms with Crippen LogP contribution in [0.5, 0.6) is 0 Å². The molecule has 0 aliphatic carbocycles. The SMILES string of the molecule is CC(=O)O.O=C(O)c1ccccc1Cl.O=C(O)c1ccccc1Cl. The molecule has 3 N–H and O–H groups in total. The largest absolute Gasteiger partial charge is 0.481 e. The van der Waals surface area contributed by atoms with Crippen LogP contribution in [0.25, 0.3) is 0 Å². The Kier molecular flexibility index (Phi) is 9.86. The minimum absolute atomic E-state index is 0.143. The Hall–Kier alpha value is -2.57. The van der Waals surface area contributed by atoms with E-state index in [1.165, 1.54) is 12.1 Å². The molecule has 6 nitrogen and oxygen atoms in total. The Balaban J connectivity index is 0.000000363. The van der Waals surface area contributed by atoms with E-state index >= 15 is 0 Å². The van der Waals surface area contributed by atoms with Gasteiger partial charge >= 0.3 is 11.9 Å². The fraction of sp³-hybridized carbons (Fsp3) is 0.0625. The quantitative estimate of drug-likeness (QED) is 0.729. The first kappa shape index (κ1) is 21.4. The number of hydrogen-bond acceptors (Lipinski definition) is 3. The Bertz CT molecular complexity index is 656. The Morgan fingerprint density at radius 1 is 0.708 bits per heavy atom. The van der Waals surface area contributed by atoms with E-state index in [1.54, 1.807) is 36.4 Å². The molecule has 0 radical (unpaired) electrons. The molecular formula is C16H14Cl2O6. The molecular weight excluding hydrogens is 359 g/mol. The number of benzene rings is 2. The van der Waals surface area contributed by atoms with Gasteiger partial charge in [-0.2, -0.15) is 0 Å². The van der Waals surface area contributed by atoms with E-state index in [9.17, 15) is 9.59 Å². The van der Waals surface area contributed by atoms with Crippen molar-refractivity contribution in [2.45, 2.75) is 6.92 Å². The van der Waals surface area contributed by atoms with E-state index in [0.717, 1.165) is 6.92 Å². The molecule has 0 spiro atoms. The Morgan fingerprint density at radius 3 is 1.12 bits per heavy atom. The molecule has 0 unspecified atom stereocenters. The number of aromatic carboxylic acids is 2. The third-order valence-electron chi connectivity index (χ3n) is 2.21. The molecule has 0 saturated carbocycles. The minimum atomic E-state index is -0.995. The van der Waals surface area contributed by atoms with Gasteiger partial charge in [0.2, 0.25) is 0 Å². The third kappa shape index (κ3) is 8.77. The molecule has 24 heavy (non-hydrogen) atoms. The Labute approximate surface area is 147 Å². The molecule has 0 aliphatic rings. The van der Waals surface area contributed by atoms with E-state index in [1.807, 2.05) is 0 Å². The maximum atomic E-state index is 10.3. The third-order valence-corrected chi connectivity index (χ3v) is 2.87. The molecule has 2 aromatic carbocycles. The van der Waals surface area contributed by atoms with Crippen molar-refractivity contribution in [2.75, 3.05) is 0 Å². The molecule has 0 heterocycles. The van der Waals surface area contributed by atoms with Crippen molar-refractivity contribution < 1.29 is 29.7 Å². The highest BCUT2D eigenvalue weighted by Crippen LogP contribution is 2.14. The smallest absolute Gasteiger partial charge is 0.337 e. The van der Waals surface area contributed by atoms with Gasteiger partial charge in [-0.05, 0) is 24.3 Å². The molecule has 0 bridgehead atoms. The number of rotatable bonds is 2. The van der Waals surface area contributed by atoms with Crippen LogP contribution < -0.4 is 0 Å². The first-order valence-corrected chi connectivity index (χ1v) is 7.07. The molecule has 2 rings (SSSR count). The maximum absolute atomic E-state index is 10.3. The number of carbonyl (C=O) groups is 3. The molecule has 2 aromatic rings. The van der Waals surface area contributed by atoms with Gasteiger partial charge in [0.15, 0.2) is 0 Å². The number of hydrogen-bond donors (Lipinski definition) is 3. The van der Waals surface area contributed by atoms with Gasteiger partial charge in [-0.1, -0.05) is 47.5 Å². The summed E-state index contributed by atoms with van der Waals surface area (Å²) < 4.78 is 0. The number of carboxylic acid groups (broad SMARTS) is 3. The minimum Gasteiger partial charge on any atom is -0.481 e. The van der Waals surface area contributed by atoms with Crippen LogP contribution in [0.15, 0.2) is 48.5 Å². The van der Waals surface area contributed by atoms with E-state index in [4.69, 9.17) is 43.3 Å². The van der Waals surface area contributed by atoms with E-state index in [2.05, 4.69) is 0 Å². The highest BCUT2D eigenvalue weighted by Gasteiger charge is 2.05. The lowest BCUT2D eigenvalue weighted by Gasteiger charge is -1.94. The summed E-state index contributed by atoms with van der Waals surface area (Å²) in [5.74, 6) is -2.82. The first-order chi connectivity index (χ1) is 11.2. The summed E-state index contributed by atoms with van der Waals surface area (Å²) >= 11 is 11.1. The summed E-state index contributed by atoms with van der Waals surface area (Å²) in [5.41, 5.74) is 0.285. The van der Waals surface area contributed by atoms with Crippen LogP contribution in [0, 0.1) is 0 Å². The summed E-state index contributed by atoms with van der Waals surface area (Å²) in [6.07, 6.45) is 0. The first-order valence-electron chi connectivity index (χ1n) is 6.32. The van der Waals surface area contributed by atoms with Crippen LogP contribution >= 0.6 is 23.2 Å². The molecule has 0 amide bonds. The predicted molar refractivity (Wildman–Crippen MR) is 90.1 cm³/mol. The second-order valence-corrected chi connectivity index (χ2v) is 4.90. The lowest BCUT2D eigenvalue weighted by Crippen LogP contribution is -1.95. The van der Waals surface area contributed by atoms with Crippen LogP contribution in [0.2, 0.25) is 10.0 Å². The predicted octanol–water partition coefficient (Wildman–Crippen LogP) is 4.17. The number of aliphatic carboxylic acids is 1. The Morgan fingerprint density at radius 2 is 0.958 bits per heavy atom. The van der Waals surface area contributed by atoms with Crippen LogP contribution in [-0.2, 0) is 4.79 Å². The average molecular weight is 373 g/mol. The second kappa shape index (κ2) is 11.0. The number of halogens is 2. The zero-order valence-corrected chi connectivity index (χ0v) is 14.0. The van der Waals surface area contributed by atoms with Gasteiger partial charge in [0.25, 0.3) is 5.97 Å². The normalized spacial score (nSPS) is 8.79. The van der Waals surface area contributed by atoms with Crippen molar-refractivity contribution in [3.05, 3.63) is 69.7 Å². The fourth-order valence-electron chi connectivity index (χ4n) is 1.27. The molecule has 0 saturated heterocycles. The van der Waals surface area contributed by atoms with E-state index in [-0.39, 0.29) is 21.2 Å². The van der Waals surface area contributed by atoms with E-state index < -0.39 is 17.9 Å². The zero-order chi connectivity index (χ0) is 18.7. The lowest BCUT2D eigenvalue weighted by atomic mass is 10.2. The summed E-state index contributed by atoms with van der Waals surface area (Å²) in [5, 5.41) is 24.9. The van der Waals surface area contributed by atoms with Gasteiger partial charge in [0, 0.05) is 6.92 Å². The van der Waals surface area contributed by atoms with Crippen molar-refractivity contribution in [3.8, 4) is 0 Å². The molecule has 0 atom stereocenters. The molecule has 8 heteroatoms. The van der Waals surface area contributed by atoms with Crippen LogP contribution in [0.3, 0.4) is 0 Å². The maximum Gasteiger partial charge on any atom is 0.337 e. The topological polar surface area (TPSA) is 112 Å². The molecule has 0 fully saturated rings. The van der Waals surface area contributed by atoms with Gasteiger partial charge in [0.05, 0.1) is 21.2 Å². The lowest BCUT2D eigenvalue weighted by molar-refractivity contribution is -0.134. The van der Waals surface area contributed by atoms with Crippen LogP contribution in [-0.4, -0.2) is 33.2 Å². The summed E-state index contributed by atoms with van der Waals surface area (Å²) in [6, 6.07) is 12.7. The van der Waals surface area contributed by atoms with Gasteiger partial charge in [-0.3, -0.25) is 4.79 Å². The highest BCUT2D eigenvalue weighted by molar-refractivity contribution is 6.33. The average Bonchev–Trinajstić information content (AvgIpc) is 2.47. The molecule has 128 valence electrons. The van der Waals surface area contributed by atoms with E-state index in [0.29, 0.717) is 0 Å². The molecule has 0 aromatic heterocycles. The number of carboxylic acids is 3. The van der Waals surface area contributed by atoms with Gasteiger partial charge in [0.1, 0.15) is 0 Å². The van der Waals surface area contributed by atoms with Gasteiger partial charge in [-0.25, -0.2) is 9.59 Å². The standard InChI is InChI=1S/2C7H5ClO2.C2H4O2/c2*8-6-4-2-1-3-5(6)7(9)10;1-2(3)4/h2*1-4H,(H,9,10);1H3,(H,3,4). The van der Waals surface area contributed by atoms with Gasteiger partial charge in [-0.15, -0.1) is 0 Å². The fourth-order valence-corrected chi connectivity index (χ4v) is 1.70. The summed E-state index contributed by atoms with van der Waals surface area (Å²) in [4.78, 5) is 29.7. The zero-order valence-electron chi connectivity index (χ0n) is 12.4. The van der Waals surface area contributed by atoms with Crippen molar-refractivity contribution >= 4 is 41.1 Å².